The van der Waals surface area contributed by atoms with Crippen LogP contribution in [0.2, 0.25) is 0 Å². The molecule has 1 N–H and O–H groups in total. The van der Waals surface area contributed by atoms with Gasteiger partial charge in [-0.3, -0.25) is 9.36 Å². The molecule has 3 rings (SSSR count). The molecule has 1 aromatic heterocycles. The van der Waals surface area contributed by atoms with Crippen molar-refractivity contribution in [1.29, 1.82) is 0 Å². The molecule has 3 aromatic rings. The number of carbonyl (C=O) groups is 2. The number of nitrogens with zero attached hydrogens (tertiary/aromatic N) is 1. The Balaban J connectivity index is 0.00000166. The Hall–Kier alpha value is -3.50. The van der Waals surface area contributed by atoms with Crippen molar-refractivity contribution in [1.82, 2.24) is 4.57 Å². The average molecular weight is 416 g/mol. The minimum Gasteiger partial charge on any atom is -0.400 e. The molecule has 0 amide bonds. The third-order valence-corrected chi connectivity index (χ3v) is 5.08. The van der Waals surface area contributed by atoms with Crippen molar-refractivity contribution in [2.75, 3.05) is 7.11 Å². The van der Waals surface area contributed by atoms with Gasteiger partial charge in [-0.25, -0.2) is 0 Å². The van der Waals surface area contributed by atoms with Crippen molar-refractivity contribution in [2.45, 2.75) is 25.7 Å². The van der Waals surface area contributed by atoms with Crippen molar-refractivity contribution < 1.29 is 14.7 Å². The second-order valence-corrected chi connectivity index (χ2v) is 6.82. The minimum atomic E-state index is -0.0877. The molecule has 4 nitrogen and oxygen atoms in total. The zero-order valence-corrected chi connectivity index (χ0v) is 18.1. The van der Waals surface area contributed by atoms with E-state index in [-0.39, 0.29) is 11.8 Å². The first kappa shape index (κ1) is 23.8. The summed E-state index contributed by atoms with van der Waals surface area (Å²) in [5.41, 5.74) is 3.67. The van der Waals surface area contributed by atoms with E-state index in [1.807, 2.05) is 55.6 Å². The van der Waals surface area contributed by atoms with Gasteiger partial charge in [0.25, 0.3) is 5.91 Å². The maximum absolute atomic E-state index is 13.2. The van der Waals surface area contributed by atoms with E-state index in [0.717, 1.165) is 35.4 Å². The smallest absolute Gasteiger partial charge is 0.262 e. The van der Waals surface area contributed by atoms with Crippen LogP contribution in [0.3, 0.4) is 0 Å². The lowest BCUT2D eigenvalue weighted by molar-refractivity contribution is -0.107. The van der Waals surface area contributed by atoms with Crippen LogP contribution in [0.4, 0.5) is 0 Å². The lowest BCUT2D eigenvalue weighted by atomic mass is 9.87. The first-order valence-electron chi connectivity index (χ1n) is 10.2. The average Bonchev–Trinajstić information content (AvgIpc) is 3.21. The highest BCUT2D eigenvalue weighted by Gasteiger charge is 2.22. The molecule has 0 bridgehead atoms. The van der Waals surface area contributed by atoms with Gasteiger partial charge in [-0.1, -0.05) is 73.3 Å². The Morgan fingerprint density at radius 3 is 2.42 bits per heavy atom. The van der Waals surface area contributed by atoms with Gasteiger partial charge in [0.1, 0.15) is 6.29 Å². The minimum absolute atomic E-state index is 0.0399. The molecular weight excluding hydrogens is 386 g/mol. The van der Waals surface area contributed by atoms with E-state index < -0.39 is 0 Å². The van der Waals surface area contributed by atoms with E-state index in [9.17, 15) is 9.59 Å². The van der Waals surface area contributed by atoms with Gasteiger partial charge in [0.05, 0.1) is 5.52 Å². The summed E-state index contributed by atoms with van der Waals surface area (Å²) >= 11 is 0. The third-order valence-electron chi connectivity index (χ3n) is 5.08. The third kappa shape index (κ3) is 5.56. The number of aliphatic hydroxyl groups excluding tert-OH is 1. The molecule has 0 spiro atoms. The summed E-state index contributed by atoms with van der Waals surface area (Å²) < 4.78 is 1.71. The Labute approximate surface area is 183 Å². The number of rotatable bonds is 8. The lowest BCUT2D eigenvalue weighted by Gasteiger charge is -2.16. The summed E-state index contributed by atoms with van der Waals surface area (Å²) in [6.07, 6.45) is 11.0. The molecule has 0 fully saturated rings. The Morgan fingerprint density at radius 2 is 1.77 bits per heavy atom. The maximum Gasteiger partial charge on any atom is 0.262 e. The molecule has 0 saturated carbocycles. The van der Waals surface area contributed by atoms with Gasteiger partial charge in [0, 0.05) is 36.6 Å². The van der Waals surface area contributed by atoms with Gasteiger partial charge in [0.2, 0.25) is 0 Å². The van der Waals surface area contributed by atoms with Gasteiger partial charge >= 0.3 is 0 Å². The number of hydrogen-bond acceptors (Lipinski definition) is 3. The zero-order valence-electron chi connectivity index (χ0n) is 18.1. The van der Waals surface area contributed by atoms with Gasteiger partial charge in [0.15, 0.2) is 0 Å². The molecule has 0 radical (unpaired) electrons. The fraction of sp³-hybridized carbons (Fsp3) is 0.185. The van der Waals surface area contributed by atoms with Crippen molar-refractivity contribution in [3.63, 3.8) is 0 Å². The quantitative estimate of drug-likeness (QED) is 0.292. The normalized spacial score (nSPS) is 12.3. The molecule has 0 aliphatic heterocycles. The maximum atomic E-state index is 13.2. The van der Waals surface area contributed by atoms with Crippen LogP contribution in [0, 0.1) is 0 Å². The SMILES string of the molecule is C=C/C=C\C(=C/C)C(=O)n1cc(C(CCC=O)c2ccccc2)c2ccccc21.CO. The number of aldehydes is 1. The fourth-order valence-electron chi connectivity index (χ4n) is 3.68. The summed E-state index contributed by atoms with van der Waals surface area (Å²) in [6, 6.07) is 18.1. The molecular formula is C27H29NO3. The standard InChI is InChI=1S/C26H25NO2.CH4O/c1-3-5-12-20(4-2)26(29)27-19-24(23-15-9-10-17-25(23)27)22(16-11-18-28)21-13-7-6-8-14-21;1-2/h3-10,12-15,17-19,22H,1,11,16H2,2H3;2H,1H3/b12-5-,20-4+;. The largest absolute Gasteiger partial charge is 0.400 e. The Bertz CT molecular complexity index is 1070. The molecule has 0 aliphatic carbocycles. The van der Waals surface area contributed by atoms with Crippen LogP contribution in [0.1, 0.15) is 41.6 Å². The molecule has 4 heteroatoms. The number of carbonyl (C=O) groups excluding carboxylic acids is 2. The number of aliphatic hydroxyl groups is 1. The molecule has 0 aliphatic rings. The van der Waals surface area contributed by atoms with Gasteiger partial charge in [-0.05, 0) is 36.6 Å². The molecule has 2 aromatic carbocycles. The number of allylic oxidation sites excluding steroid dienone is 5. The van der Waals surface area contributed by atoms with Crippen LogP contribution < -0.4 is 0 Å². The predicted molar refractivity (Wildman–Crippen MR) is 127 cm³/mol. The van der Waals surface area contributed by atoms with E-state index in [0.29, 0.717) is 18.4 Å². The van der Waals surface area contributed by atoms with Gasteiger partial charge in [-0.2, -0.15) is 0 Å². The highest BCUT2D eigenvalue weighted by atomic mass is 16.2. The number of aromatic nitrogens is 1. The van der Waals surface area contributed by atoms with E-state index >= 15 is 0 Å². The van der Waals surface area contributed by atoms with Crippen LogP contribution in [0.25, 0.3) is 10.9 Å². The summed E-state index contributed by atoms with van der Waals surface area (Å²) in [5.74, 6) is -0.0478. The number of hydrogen-bond donors (Lipinski definition) is 1. The molecule has 1 atom stereocenters. The number of benzene rings is 2. The van der Waals surface area contributed by atoms with E-state index in [4.69, 9.17) is 5.11 Å². The highest BCUT2D eigenvalue weighted by Crippen LogP contribution is 2.35. The summed E-state index contributed by atoms with van der Waals surface area (Å²) in [5, 5.41) is 8.03. The van der Waals surface area contributed by atoms with E-state index in [1.54, 1.807) is 28.9 Å². The fourth-order valence-corrected chi connectivity index (χ4v) is 3.68. The van der Waals surface area contributed by atoms with Crippen LogP contribution in [0.15, 0.2) is 97.3 Å². The summed E-state index contributed by atoms with van der Waals surface area (Å²) in [4.78, 5) is 24.3. The first-order valence-corrected chi connectivity index (χ1v) is 10.2. The highest BCUT2D eigenvalue weighted by molar-refractivity contribution is 6.04. The second kappa shape index (κ2) is 12.3. The summed E-state index contributed by atoms with van der Waals surface area (Å²) in [7, 11) is 1.00. The molecule has 1 heterocycles. The van der Waals surface area contributed by atoms with E-state index in [2.05, 4.69) is 18.7 Å². The first-order chi connectivity index (χ1) is 15.2. The van der Waals surface area contributed by atoms with Crippen LogP contribution in [0.5, 0.6) is 0 Å². The van der Waals surface area contributed by atoms with Crippen molar-refractivity contribution in [3.05, 3.63) is 108 Å². The second-order valence-electron chi connectivity index (χ2n) is 6.82. The lowest BCUT2D eigenvalue weighted by Crippen LogP contribution is -2.11. The van der Waals surface area contributed by atoms with E-state index in [1.165, 1.54) is 0 Å². The Kier molecular flexibility index (Phi) is 9.40. The summed E-state index contributed by atoms with van der Waals surface area (Å²) in [6.45, 7) is 5.53. The Morgan fingerprint density at radius 1 is 1.10 bits per heavy atom. The van der Waals surface area contributed by atoms with Crippen LogP contribution in [-0.4, -0.2) is 29.0 Å². The van der Waals surface area contributed by atoms with Gasteiger partial charge < -0.3 is 9.90 Å². The molecule has 31 heavy (non-hydrogen) atoms. The van der Waals surface area contributed by atoms with Crippen LogP contribution in [-0.2, 0) is 4.79 Å². The number of para-hydroxylation sites is 1. The molecule has 0 saturated heterocycles. The van der Waals surface area contributed by atoms with Gasteiger partial charge in [-0.15, -0.1) is 0 Å². The monoisotopic (exact) mass is 415 g/mol. The van der Waals surface area contributed by atoms with Crippen LogP contribution >= 0.6 is 0 Å². The topological polar surface area (TPSA) is 59.3 Å². The molecule has 160 valence electrons. The van der Waals surface area contributed by atoms with Crippen molar-refractivity contribution >= 4 is 23.1 Å². The van der Waals surface area contributed by atoms with Crippen molar-refractivity contribution in [3.8, 4) is 0 Å². The molecule has 1 unspecified atom stereocenters. The zero-order chi connectivity index (χ0) is 22.6. The number of fused-ring (bicyclic) bond motifs is 1. The predicted octanol–water partition coefficient (Wildman–Crippen LogP) is 5.69. The van der Waals surface area contributed by atoms with Crippen molar-refractivity contribution in [2.24, 2.45) is 0 Å².